The highest BCUT2D eigenvalue weighted by molar-refractivity contribution is 5.96. The van der Waals surface area contributed by atoms with Crippen LogP contribution < -0.4 is 4.74 Å². The number of ketones is 1. The van der Waals surface area contributed by atoms with Gasteiger partial charge in [-0.15, -0.1) is 0 Å². The van der Waals surface area contributed by atoms with E-state index < -0.39 is 0 Å². The smallest absolute Gasteiger partial charge is 0.162 e. The van der Waals surface area contributed by atoms with E-state index in [2.05, 4.69) is 20.8 Å². The third-order valence-corrected chi connectivity index (χ3v) is 2.59. The molecule has 0 heterocycles. The van der Waals surface area contributed by atoms with Gasteiger partial charge in [0.15, 0.2) is 5.78 Å². The van der Waals surface area contributed by atoms with Gasteiger partial charge in [-0.1, -0.05) is 20.8 Å². The van der Waals surface area contributed by atoms with Crippen LogP contribution in [0.1, 0.15) is 50.9 Å². The molecule has 1 rings (SSSR count). The Kier molecular flexibility index (Phi) is 4.73. The van der Waals surface area contributed by atoms with Gasteiger partial charge in [0, 0.05) is 12.0 Å². The maximum atomic E-state index is 11.9. The third-order valence-electron chi connectivity index (χ3n) is 2.59. The zero-order valence-corrected chi connectivity index (χ0v) is 11.2. The molecule has 0 fully saturated rings. The van der Waals surface area contributed by atoms with E-state index in [-0.39, 0.29) is 11.2 Å². The van der Waals surface area contributed by atoms with E-state index >= 15 is 0 Å². The minimum Gasteiger partial charge on any atom is -0.494 e. The van der Waals surface area contributed by atoms with Crippen molar-refractivity contribution >= 4 is 5.78 Å². The fourth-order valence-corrected chi connectivity index (χ4v) is 1.54. The summed E-state index contributed by atoms with van der Waals surface area (Å²) in [7, 11) is 0. The number of hydrogen-bond donors (Lipinski definition) is 0. The largest absolute Gasteiger partial charge is 0.494 e. The topological polar surface area (TPSA) is 26.3 Å². The van der Waals surface area contributed by atoms with Crippen LogP contribution in [-0.4, -0.2) is 12.4 Å². The number of rotatable bonds is 5. The van der Waals surface area contributed by atoms with E-state index in [4.69, 9.17) is 4.74 Å². The predicted molar refractivity (Wildman–Crippen MR) is 70.6 cm³/mol. The molecule has 94 valence electrons. The molecule has 2 heteroatoms. The Morgan fingerprint density at radius 2 is 1.76 bits per heavy atom. The summed E-state index contributed by atoms with van der Waals surface area (Å²) in [5.74, 6) is 1.03. The normalized spacial score (nSPS) is 11.3. The maximum Gasteiger partial charge on any atom is 0.162 e. The molecule has 1 aromatic rings. The average molecular weight is 234 g/mol. The van der Waals surface area contributed by atoms with Crippen LogP contribution in [0.3, 0.4) is 0 Å². The number of carbonyl (C=O) groups excluding carboxylic acids is 1. The lowest BCUT2D eigenvalue weighted by Gasteiger charge is -2.17. The lowest BCUT2D eigenvalue weighted by Crippen LogP contribution is -2.09. The summed E-state index contributed by atoms with van der Waals surface area (Å²) >= 11 is 0. The van der Waals surface area contributed by atoms with Crippen molar-refractivity contribution in [2.75, 3.05) is 6.61 Å². The fraction of sp³-hybridized carbons (Fsp3) is 0.533. The van der Waals surface area contributed by atoms with Crippen molar-refractivity contribution in [3.63, 3.8) is 0 Å². The Hall–Kier alpha value is -1.31. The molecule has 2 nitrogen and oxygen atoms in total. The lowest BCUT2D eigenvalue weighted by molar-refractivity contribution is 0.0966. The highest BCUT2D eigenvalue weighted by Gasteiger charge is 2.14. The van der Waals surface area contributed by atoms with Crippen LogP contribution in [0, 0.1) is 5.41 Å². The molecule has 0 aliphatic heterocycles. The van der Waals surface area contributed by atoms with Crippen LogP contribution in [0.15, 0.2) is 24.3 Å². The van der Waals surface area contributed by atoms with Gasteiger partial charge in [-0.3, -0.25) is 4.79 Å². The molecule has 0 aromatic heterocycles. The SMILES string of the molecule is CCOc1ccc(C(=O)CCC(C)(C)C)cc1. The Morgan fingerprint density at radius 3 is 2.24 bits per heavy atom. The summed E-state index contributed by atoms with van der Waals surface area (Å²) in [5.41, 5.74) is 0.985. The highest BCUT2D eigenvalue weighted by atomic mass is 16.5. The summed E-state index contributed by atoms with van der Waals surface area (Å²) in [4.78, 5) is 11.9. The van der Waals surface area contributed by atoms with E-state index in [1.54, 1.807) is 0 Å². The second kappa shape index (κ2) is 5.85. The quantitative estimate of drug-likeness (QED) is 0.717. The van der Waals surface area contributed by atoms with Crippen molar-refractivity contribution in [1.29, 1.82) is 0 Å². The number of Topliss-reactive ketones (excluding diaryl/α,β-unsaturated/α-hetero) is 1. The highest BCUT2D eigenvalue weighted by Crippen LogP contribution is 2.22. The first-order valence-electron chi connectivity index (χ1n) is 6.18. The fourth-order valence-electron chi connectivity index (χ4n) is 1.54. The predicted octanol–water partition coefficient (Wildman–Crippen LogP) is 4.09. The zero-order valence-electron chi connectivity index (χ0n) is 11.2. The monoisotopic (exact) mass is 234 g/mol. The van der Waals surface area contributed by atoms with E-state index in [0.29, 0.717) is 13.0 Å². The molecule has 0 saturated carbocycles. The molecule has 0 unspecified atom stereocenters. The van der Waals surface area contributed by atoms with Gasteiger partial charge in [0.05, 0.1) is 6.61 Å². The second-order valence-electron chi connectivity index (χ2n) is 5.44. The van der Waals surface area contributed by atoms with Gasteiger partial charge >= 0.3 is 0 Å². The average Bonchev–Trinajstić information content (AvgIpc) is 2.26. The van der Waals surface area contributed by atoms with Gasteiger partial charge < -0.3 is 4.74 Å². The van der Waals surface area contributed by atoms with Crippen molar-refractivity contribution in [2.45, 2.75) is 40.5 Å². The van der Waals surface area contributed by atoms with Crippen LogP contribution in [0.4, 0.5) is 0 Å². The lowest BCUT2D eigenvalue weighted by atomic mass is 9.88. The molecule has 1 aromatic carbocycles. The Balaban J connectivity index is 2.57. The van der Waals surface area contributed by atoms with Crippen molar-refractivity contribution < 1.29 is 9.53 Å². The standard InChI is InChI=1S/C15H22O2/c1-5-17-13-8-6-12(7-9-13)14(16)10-11-15(2,3)4/h6-9H,5,10-11H2,1-4H3. The van der Waals surface area contributed by atoms with Crippen LogP contribution in [0.5, 0.6) is 5.75 Å². The molecule has 17 heavy (non-hydrogen) atoms. The molecule has 0 radical (unpaired) electrons. The van der Waals surface area contributed by atoms with E-state index in [0.717, 1.165) is 17.7 Å². The first-order valence-corrected chi connectivity index (χ1v) is 6.18. The summed E-state index contributed by atoms with van der Waals surface area (Å²) in [6, 6.07) is 7.40. The summed E-state index contributed by atoms with van der Waals surface area (Å²) in [5, 5.41) is 0. The Bertz CT molecular complexity index is 358. The molecule has 0 amide bonds. The minimum absolute atomic E-state index is 0.209. The molecule has 0 aliphatic carbocycles. The molecular formula is C15H22O2. The van der Waals surface area contributed by atoms with Crippen LogP contribution in [0.25, 0.3) is 0 Å². The Morgan fingerprint density at radius 1 is 1.18 bits per heavy atom. The van der Waals surface area contributed by atoms with E-state index in [1.807, 2.05) is 31.2 Å². The van der Waals surface area contributed by atoms with E-state index in [9.17, 15) is 4.79 Å². The molecule has 0 atom stereocenters. The zero-order chi connectivity index (χ0) is 12.9. The second-order valence-corrected chi connectivity index (χ2v) is 5.44. The first-order chi connectivity index (χ1) is 7.92. The van der Waals surface area contributed by atoms with Crippen molar-refractivity contribution in [2.24, 2.45) is 5.41 Å². The van der Waals surface area contributed by atoms with Crippen LogP contribution in [0.2, 0.25) is 0 Å². The molecule has 0 N–H and O–H groups in total. The van der Waals surface area contributed by atoms with Gasteiger partial charge in [0.25, 0.3) is 0 Å². The van der Waals surface area contributed by atoms with Gasteiger partial charge in [-0.2, -0.15) is 0 Å². The summed E-state index contributed by atoms with van der Waals surface area (Å²) in [6.07, 6.45) is 1.52. The van der Waals surface area contributed by atoms with Crippen LogP contribution >= 0.6 is 0 Å². The van der Waals surface area contributed by atoms with Crippen molar-refractivity contribution in [3.05, 3.63) is 29.8 Å². The number of hydrogen-bond acceptors (Lipinski definition) is 2. The molecule has 0 bridgehead atoms. The molecule has 0 spiro atoms. The molecule has 0 saturated heterocycles. The minimum atomic E-state index is 0.209. The Labute approximate surface area is 104 Å². The van der Waals surface area contributed by atoms with Gasteiger partial charge in [0.1, 0.15) is 5.75 Å². The number of ether oxygens (including phenoxy) is 1. The van der Waals surface area contributed by atoms with Gasteiger partial charge in [-0.05, 0) is 43.0 Å². The van der Waals surface area contributed by atoms with E-state index in [1.165, 1.54) is 0 Å². The van der Waals surface area contributed by atoms with Crippen molar-refractivity contribution in [3.8, 4) is 5.75 Å². The summed E-state index contributed by atoms with van der Waals surface area (Å²) in [6.45, 7) is 9.05. The maximum absolute atomic E-state index is 11.9. The summed E-state index contributed by atoms with van der Waals surface area (Å²) < 4.78 is 5.34. The number of carbonyl (C=O) groups is 1. The van der Waals surface area contributed by atoms with Crippen molar-refractivity contribution in [1.82, 2.24) is 0 Å². The molecular weight excluding hydrogens is 212 g/mol. The molecule has 0 aliphatic rings. The van der Waals surface area contributed by atoms with Crippen LogP contribution in [-0.2, 0) is 0 Å². The number of benzene rings is 1. The van der Waals surface area contributed by atoms with Gasteiger partial charge in [-0.25, -0.2) is 0 Å². The third kappa shape index (κ3) is 5.03. The first kappa shape index (κ1) is 13.8. The van der Waals surface area contributed by atoms with Gasteiger partial charge in [0.2, 0.25) is 0 Å².